The summed E-state index contributed by atoms with van der Waals surface area (Å²) in [5, 5.41) is 8.46. The Morgan fingerprint density at radius 1 is 0.951 bits per heavy atom. The number of furan rings is 1. The van der Waals surface area contributed by atoms with Gasteiger partial charge in [-0.3, -0.25) is 0 Å². The normalized spacial score (nSPS) is 13.8. The Bertz CT molecular complexity index is 1850. The number of anilines is 2. The van der Waals surface area contributed by atoms with Crippen LogP contribution in [0.15, 0.2) is 70.6 Å². The molecule has 0 saturated carbocycles. The first-order valence-corrected chi connectivity index (χ1v) is 14.5. The first-order chi connectivity index (χ1) is 20.0. The highest BCUT2D eigenvalue weighted by Gasteiger charge is 2.21. The van der Waals surface area contributed by atoms with E-state index in [1.807, 2.05) is 43.5 Å². The van der Waals surface area contributed by atoms with Crippen molar-refractivity contribution in [1.29, 1.82) is 0 Å². The average Bonchev–Trinajstić information content (AvgIpc) is 3.74. The molecule has 0 bridgehead atoms. The molecule has 1 saturated heterocycles. The molecule has 0 amide bonds. The van der Waals surface area contributed by atoms with Crippen molar-refractivity contribution in [2.75, 3.05) is 43.1 Å². The molecule has 1 fully saturated rings. The molecule has 4 aromatic heterocycles. The van der Waals surface area contributed by atoms with Crippen LogP contribution >= 0.6 is 11.3 Å². The van der Waals surface area contributed by atoms with Crippen molar-refractivity contribution >= 4 is 38.8 Å². The number of ether oxygens (including phenoxy) is 2. The van der Waals surface area contributed by atoms with Crippen LogP contribution in [0.25, 0.3) is 28.1 Å². The molecule has 0 radical (unpaired) electrons. The highest BCUT2D eigenvalue weighted by atomic mass is 32.1. The number of piperazine rings is 1. The molecule has 0 N–H and O–H groups in total. The number of nitrogens with zero attached hydrogens (tertiary/aromatic N) is 6. The fourth-order valence-electron chi connectivity index (χ4n) is 5.18. The van der Waals surface area contributed by atoms with E-state index in [4.69, 9.17) is 18.9 Å². The third-order valence-corrected chi connectivity index (χ3v) is 8.30. The molecular formula is C31H30N6O3S. The van der Waals surface area contributed by atoms with Gasteiger partial charge in [0, 0.05) is 49.4 Å². The summed E-state index contributed by atoms with van der Waals surface area (Å²) in [4.78, 5) is 14.4. The molecule has 1 aliphatic rings. The third-order valence-electron chi connectivity index (χ3n) is 7.35. The second-order valence-electron chi connectivity index (χ2n) is 10.3. The molecular weight excluding hydrogens is 536 g/mol. The Morgan fingerprint density at radius 3 is 2.63 bits per heavy atom. The molecule has 208 valence electrons. The Hall–Kier alpha value is -4.57. The number of hydrogen-bond donors (Lipinski definition) is 0. The van der Waals surface area contributed by atoms with Crippen LogP contribution in [0.4, 0.5) is 10.8 Å². The molecule has 0 unspecified atom stereocenters. The molecule has 10 heteroatoms. The molecule has 0 atom stereocenters. The topological polar surface area (TPSA) is 81.2 Å². The van der Waals surface area contributed by atoms with Crippen LogP contribution in [0.1, 0.15) is 17.0 Å². The van der Waals surface area contributed by atoms with Crippen molar-refractivity contribution in [3.05, 3.63) is 83.1 Å². The SMILES string of the molecule is COc1cc(OCc2csc(N3CCN(c4cccc(C)c4)CC3)n2)c2cc(-c3cn4nc(C)ccc4n3)oc2c1. The number of imidazole rings is 1. The predicted molar refractivity (Wildman–Crippen MR) is 162 cm³/mol. The van der Waals surface area contributed by atoms with Gasteiger partial charge in [-0.25, -0.2) is 14.5 Å². The summed E-state index contributed by atoms with van der Waals surface area (Å²) in [6.45, 7) is 8.26. The summed E-state index contributed by atoms with van der Waals surface area (Å²) in [7, 11) is 1.64. The van der Waals surface area contributed by atoms with Gasteiger partial charge in [0.1, 0.15) is 29.4 Å². The zero-order valence-electron chi connectivity index (χ0n) is 23.2. The van der Waals surface area contributed by atoms with Gasteiger partial charge in [-0.1, -0.05) is 12.1 Å². The first-order valence-electron chi connectivity index (χ1n) is 13.6. The number of aromatic nitrogens is 4. The molecule has 9 nitrogen and oxygen atoms in total. The lowest BCUT2D eigenvalue weighted by molar-refractivity contribution is 0.303. The summed E-state index contributed by atoms with van der Waals surface area (Å²) < 4.78 is 19.8. The van der Waals surface area contributed by atoms with Crippen LogP contribution in [-0.2, 0) is 6.61 Å². The molecule has 41 heavy (non-hydrogen) atoms. The van der Waals surface area contributed by atoms with Gasteiger partial charge in [-0.15, -0.1) is 11.3 Å². The lowest BCUT2D eigenvalue weighted by atomic mass is 10.2. The summed E-state index contributed by atoms with van der Waals surface area (Å²) in [5.41, 5.74) is 6.52. The van der Waals surface area contributed by atoms with E-state index >= 15 is 0 Å². The van der Waals surface area contributed by atoms with E-state index < -0.39 is 0 Å². The maximum atomic E-state index is 6.30. The minimum atomic E-state index is 0.347. The van der Waals surface area contributed by atoms with Crippen LogP contribution in [0.2, 0.25) is 0 Å². The Kier molecular flexibility index (Phi) is 6.47. The van der Waals surface area contributed by atoms with Crippen LogP contribution < -0.4 is 19.3 Å². The van der Waals surface area contributed by atoms with Gasteiger partial charge in [0.25, 0.3) is 0 Å². The largest absolute Gasteiger partial charge is 0.496 e. The van der Waals surface area contributed by atoms with Crippen LogP contribution in [0.5, 0.6) is 11.5 Å². The van der Waals surface area contributed by atoms with E-state index in [1.54, 1.807) is 23.0 Å². The van der Waals surface area contributed by atoms with Crippen molar-refractivity contribution < 1.29 is 13.9 Å². The van der Waals surface area contributed by atoms with E-state index in [1.165, 1.54) is 11.3 Å². The van der Waals surface area contributed by atoms with Crippen molar-refractivity contribution in [2.24, 2.45) is 0 Å². The predicted octanol–water partition coefficient (Wildman–Crippen LogP) is 6.13. The number of benzene rings is 2. The van der Waals surface area contributed by atoms with Crippen molar-refractivity contribution in [3.8, 4) is 23.0 Å². The molecule has 6 aromatic rings. The number of rotatable bonds is 7. The Morgan fingerprint density at radius 2 is 1.80 bits per heavy atom. The van der Waals surface area contributed by atoms with Crippen LogP contribution in [0, 0.1) is 13.8 Å². The second kappa shape index (κ2) is 10.4. The lowest BCUT2D eigenvalue weighted by Crippen LogP contribution is -2.46. The molecule has 0 spiro atoms. The van der Waals surface area contributed by atoms with Crippen molar-refractivity contribution in [2.45, 2.75) is 20.5 Å². The first kappa shape index (κ1) is 25.4. The average molecular weight is 567 g/mol. The van der Waals surface area contributed by atoms with E-state index in [2.05, 4.69) is 56.5 Å². The Balaban J connectivity index is 1.07. The highest BCUT2D eigenvalue weighted by molar-refractivity contribution is 7.13. The molecule has 0 aliphatic carbocycles. The van der Waals surface area contributed by atoms with Gasteiger partial charge < -0.3 is 23.7 Å². The number of hydrogen-bond acceptors (Lipinski definition) is 9. The molecule has 7 rings (SSSR count). The number of thiazole rings is 1. The summed E-state index contributed by atoms with van der Waals surface area (Å²) >= 11 is 1.66. The van der Waals surface area contributed by atoms with Gasteiger partial charge in [0.15, 0.2) is 16.5 Å². The minimum Gasteiger partial charge on any atom is -0.496 e. The summed E-state index contributed by atoms with van der Waals surface area (Å²) in [5.74, 6) is 1.97. The van der Waals surface area contributed by atoms with Crippen molar-refractivity contribution in [3.63, 3.8) is 0 Å². The Labute approximate surface area is 241 Å². The molecule has 2 aromatic carbocycles. The molecule has 1 aliphatic heterocycles. The maximum absolute atomic E-state index is 6.30. The zero-order chi connectivity index (χ0) is 27.9. The summed E-state index contributed by atoms with van der Waals surface area (Å²) in [6, 6.07) is 18.3. The summed E-state index contributed by atoms with van der Waals surface area (Å²) in [6.07, 6.45) is 1.87. The van der Waals surface area contributed by atoms with Gasteiger partial charge in [0.05, 0.1) is 30.1 Å². The van der Waals surface area contributed by atoms with Crippen molar-refractivity contribution in [1.82, 2.24) is 19.6 Å². The fraction of sp³-hybridized carbons (Fsp3) is 0.258. The van der Waals surface area contributed by atoms with Gasteiger partial charge in [0.2, 0.25) is 0 Å². The van der Waals surface area contributed by atoms with E-state index in [-0.39, 0.29) is 0 Å². The van der Waals surface area contributed by atoms with Crippen LogP contribution in [0.3, 0.4) is 0 Å². The number of aryl methyl sites for hydroxylation is 2. The smallest absolute Gasteiger partial charge is 0.185 e. The fourth-order valence-corrected chi connectivity index (χ4v) is 6.05. The third kappa shape index (κ3) is 5.06. The zero-order valence-corrected chi connectivity index (χ0v) is 24.0. The van der Waals surface area contributed by atoms with Crippen LogP contribution in [-0.4, -0.2) is 52.9 Å². The van der Waals surface area contributed by atoms with Gasteiger partial charge in [-0.2, -0.15) is 5.10 Å². The van der Waals surface area contributed by atoms with E-state index in [0.29, 0.717) is 35.1 Å². The van der Waals surface area contributed by atoms with Gasteiger partial charge in [-0.05, 0) is 49.7 Å². The van der Waals surface area contributed by atoms with E-state index in [9.17, 15) is 0 Å². The minimum absolute atomic E-state index is 0.347. The number of methoxy groups -OCH3 is 1. The maximum Gasteiger partial charge on any atom is 0.185 e. The van der Waals surface area contributed by atoms with Gasteiger partial charge >= 0.3 is 0 Å². The monoisotopic (exact) mass is 566 g/mol. The quantitative estimate of drug-likeness (QED) is 0.228. The second-order valence-corrected chi connectivity index (χ2v) is 11.1. The highest BCUT2D eigenvalue weighted by Crippen LogP contribution is 2.37. The van der Waals surface area contributed by atoms with E-state index in [0.717, 1.165) is 53.7 Å². The number of fused-ring (bicyclic) bond motifs is 2. The molecule has 5 heterocycles. The standard InChI is InChI=1S/C31H30N6O3S/c1-20-5-4-6-23(13-20)35-9-11-36(12-10-35)31-32-22(19-41-31)18-39-27-14-24(38-3)15-28-25(27)16-29(40-28)26-17-37-30(33-26)8-7-21(2)34-37/h4-8,13-17,19H,9-12,18H2,1-3H3. The lowest BCUT2D eigenvalue weighted by Gasteiger charge is -2.36.